The van der Waals surface area contributed by atoms with Crippen LogP contribution in [0.15, 0.2) is 18.3 Å². The van der Waals surface area contributed by atoms with E-state index < -0.39 is 0 Å². The van der Waals surface area contributed by atoms with E-state index in [0.29, 0.717) is 12.6 Å². The molecule has 100 valence electrons. The van der Waals surface area contributed by atoms with Crippen LogP contribution in [-0.2, 0) is 11.3 Å². The fourth-order valence-electron chi connectivity index (χ4n) is 2.00. The second-order valence-corrected chi connectivity index (χ2v) is 5.75. The van der Waals surface area contributed by atoms with Crippen LogP contribution in [0.2, 0.25) is 0 Å². The Balaban J connectivity index is 1.76. The molecule has 1 saturated carbocycles. The number of hydrogen-bond acceptors (Lipinski definition) is 4. The van der Waals surface area contributed by atoms with Gasteiger partial charge in [-0.15, -0.1) is 0 Å². The predicted molar refractivity (Wildman–Crippen MR) is 70.4 cm³/mol. The molecule has 4 heteroatoms. The molecule has 1 aromatic rings. The van der Waals surface area contributed by atoms with E-state index >= 15 is 0 Å². The number of nitrogens with zero attached hydrogens (tertiary/aromatic N) is 1. The number of hydrogen-bond donors (Lipinski definition) is 1. The molecule has 2 N–H and O–H groups in total. The maximum absolute atomic E-state index is 5.87. The summed E-state index contributed by atoms with van der Waals surface area (Å²) in [6, 6.07) is 3.82. The van der Waals surface area contributed by atoms with Gasteiger partial charge in [-0.2, -0.15) is 0 Å². The van der Waals surface area contributed by atoms with E-state index in [0.717, 1.165) is 24.3 Å². The van der Waals surface area contributed by atoms with Crippen LogP contribution in [0.3, 0.4) is 0 Å². The SMILES string of the molecule is CC(C)(C)OC1CC(Oc2ccc(CN)nc2)C1. The molecule has 0 bridgehead atoms. The average Bonchev–Trinajstić information content (AvgIpc) is 2.25. The first-order valence-corrected chi connectivity index (χ1v) is 6.46. The van der Waals surface area contributed by atoms with E-state index in [1.54, 1.807) is 6.20 Å². The molecule has 0 unspecified atom stereocenters. The molecule has 0 saturated heterocycles. The molecule has 0 amide bonds. The maximum Gasteiger partial charge on any atom is 0.138 e. The average molecular weight is 250 g/mol. The monoisotopic (exact) mass is 250 g/mol. The van der Waals surface area contributed by atoms with Crippen molar-refractivity contribution in [3.8, 4) is 5.75 Å². The second kappa shape index (κ2) is 5.24. The summed E-state index contributed by atoms with van der Waals surface area (Å²) < 4.78 is 11.7. The predicted octanol–water partition coefficient (Wildman–Crippen LogP) is 2.27. The number of aromatic nitrogens is 1. The molecular weight excluding hydrogens is 228 g/mol. The van der Waals surface area contributed by atoms with Gasteiger partial charge in [0.05, 0.1) is 23.6 Å². The van der Waals surface area contributed by atoms with Crippen molar-refractivity contribution in [3.63, 3.8) is 0 Å². The van der Waals surface area contributed by atoms with Crippen molar-refractivity contribution in [3.05, 3.63) is 24.0 Å². The highest BCUT2D eigenvalue weighted by Crippen LogP contribution is 2.30. The van der Waals surface area contributed by atoms with E-state index in [4.69, 9.17) is 15.2 Å². The van der Waals surface area contributed by atoms with Crippen molar-refractivity contribution in [2.45, 2.75) is 58.0 Å². The molecule has 0 aliphatic heterocycles. The second-order valence-electron chi connectivity index (χ2n) is 5.75. The summed E-state index contributed by atoms with van der Waals surface area (Å²) in [6.45, 7) is 6.70. The first-order chi connectivity index (χ1) is 8.46. The van der Waals surface area contributed by atoms with E-state index in [1.165, 1.54) is 0 Å². The Morgan fingerprint density at radius 3 is 2.50 bits per heavy atom. The molecular formula is C14H22N2O2. The van der Waals surface area contributed by atoms with Crippen molar-refractivity contribution in [2.24, 2.45) is 5.73 Å². The Kier molecular flexibility index (Phi) is 3.88. The van der Waals surface area contributed by atoms with Crippen molar-refractivity contribution < 1.29 is 9.47 Å². The first kappa shape index (κ1) is 13.3. The molecule has 1 heterocycles. The van der Waals surface area contributed by atoms with E-state index in [2.05, 4.69) is 25.8 Å². The summed E-state index contributed by atoms with van der Waals surface area (Å²) in [7, 11) is 0. The van der Waals surface area contributed by atoms with Gasteiger partial charge in [-0.05, 0) is 32.9 Å². The minimum absolute atomic E-state index is 0.0695. The normalized spacial score (nSPS) is 23.6. The van der Waals surface area contributed by atoms with Crippen molar-refractivity contribution >= 4 is 0 Å². The Labute approximate surface area is 108 Å². The summed E-state index contributed by atoms with van der Waals surface area (Å²) in [5, 5.41) is 0. The molecule has 0 radical (unpaired) electrons. The van der Waals surface area contributed by atoms with Gasteiger partial charge in [0.1, 0.15) is 11.9 Å². The third kappa shape index (κ3) is 3.68. The van der Waals surface area contributed by atoms with Gasteiger partial charge < -0.3 is 15.2 Å². The quantitative estimate of drug-likeness (QED) is 0.890. The first-order valence-electron chi connectivity index (χ1n) is 6.46. The topological polar surface area (TPSA) is 57.4 Å². The zero-order valence-corrected chi connectivity index (χ0v) is 11.3. The molecule has 18 heavy (non-hydrogen) atoms. The van der Waals surface area contributed by atoms with Gasteiger partial charge in [-0.25, -0.2) is 0 Å². The highest BCUT2D eigenvalue weighted by Gasteiger charge is 2.34. The zero-order valence-electron chi connectivity index (χ0n) is 11.3. The number of pyridine rings is 1. The molecule has 0 atom stereocenters. The van der Waals surface area contributed by atoms with Crippen LogP contribution in [0, 0.1) is 0 Å². The Hall–Kier alpha value is -1.13. The summed E-state index contributed by atoms with van der Waals surface area (Å²) in [5.41, 5.74) is 6.31. The minimum Gasteiger partial charge on any atom is -0.489 e. The third-order valence-corrected chi connectivity index (χ3v) is 2.88. The van der Waals surface area contributed by atoms with E-state index in [1.807, 2.05) is 12.1 Å². The Morgan fingerprint density at radius 2 is 2.00 bits per heavy atom. The summed E-state index contributed by atoms with van der Waals surface area (Å²) >= 11 is 0. The lowest BCUT2D eigenvalue weighted by Gasteiger charge is -2.39. The molecule has 0 aromatic carbocycles. The van der Waals surface area contributed by atoms with Crippen LogP contribution < -0.4 is 10.5 Å². The standard InChI is InChI=1S/C14H22N2O2/c1-14(2,3)18-13-6-12(7-13)17-11-5-4-10(8-15)16-9-11/h4-5,9,12-13H,6-8,15H2,1-3H3. The Bertz CT molecular complexity index is 378. The van der Waals surface area contributed by atoms with Crippen molar-refractivity contribution in [1.82, 2.24) is 4.98 Å². The van der Waals surface area contributed by atoms with Crippen molar-refractivity contribution in [1.29, 1.82) is 0 Å². The van der Waals surface area contributed by atoms with Crippen LogP contribution in [0.1, 0.15) is 39.3 Å². The highest BCUT2D eigenvalue weighted by atomic mass is 16.5. The molecule has 0 spiro atoms. The zero-order chi connectivity index (χ0) is 13.2. The van der Waals surface area contributed by atoms with Gasteiger partial charge in [0.25, 0.3) is 0 Å². The van der Waals surface area contributed by atoms with Gasteiger partial charge >= 0.3 is 0 Å². The largest absolute Gasteiger partial charge is 0.489 e. The van der Waals surface area contributed by atoms with Crippen LogP contribution in [0.5, 0.6) is 5.75 Å². The molecule has 1 aromatic heterocycles. The van der Waals surface area contributed by atoms with Gasteiger partial charge in [0.2, 0.25) is 0 Å². The molecule has 2 rings (SSSR count). The lowest BCUT2D eigenvalue weighted by atomic mass is 9.91. The fourth-order valence-corrected chi connectivity index (χ4v) is 2.00. The summed E-state index contributed by atoms with van der Waals surface area (Å²) in [6.07, 6.45) is 4.22. The number of ether oxygens (including phenoxy) is 2. The third-order valence-electron chi connectivity index (χ3n) is 2.88. The lowest BCUT2D eigenvalue weighted by molar-refractivity contribution is -0.126. The van der Waals surface area contributed by atoms with Gasteiger partial charge in [-0.3, -0.25) is 4.98 Å². The summed E-state index contributed by atoms with van der Waals surface area (Å²) in [5.74, 6) is 0.811. The highest BCUT2D eigenvalue weighted by molar-refractivity contribution is 5.20. The fraction of sp³-hybridized carbons (Fsp3) is 0.643. The minimum atomic E-state index is -0.0695. The molecule has 1 aliphatic rings. The van der Waals surface area contributed by atoms with E-state index in [-0.39, 0.29) is 11.7 Å². The van der Waals surface area contributed by atoms with Crippen LogP contribution in [0.4, 0.5) is 0 Å². The molecule has 4 nitrogen and oxygen atoms in total. The Morgan fingerprint density at radius 1 is 1.28 bits per heavy atom. The van der Waals surface area contributed by atoms with Gasteiger partial charge in [0, 0.05) is 19.4 Å². The van der Waals surface area contributed by atoms with Gasteiger partial charge in [0.15, 0.2) is 0 Å². The number of rotatable bonds is 4. The van der Waals surface area contributed by atoms with Crippen LogP contribution >= 0.6 is 0 Å². The lowest BCUT2D eigenvalue weighted by Crippen LogP contribution is -2.43. The van der Waals surface area contributed by atoms with Crippen LogP contribution in [0.25, 0.3) is 0 Å². The maximum atomic E-state index is 5.87. The van der Waals surface area contributed by atoms with E-state index in [9.17, 15) is 0 Å². The smallest absolute Gasteiger partial charge is 0.138 e. The van der Waals surface area contributed by atoms with Crippen molar-refractivity contribution in [2.75, 3.05) is 0 Å². The molecule has 1 aliphatic carbocycles. The summed E-state index contributed by atoms with van der Waals surface area (Å²) in [4.78, 5) is 4.21. The molecule has 1 fully saturated rings. The van der Waals surface area contributed by atoms with Gasteiger partial charge in [-0.1, -0.05) is 0 Å². The van der Waals surface area contributed by atoms with Crippen LogP contribution in [-0.4, -0.2) is 22.8 Å². The number of nitrogens with two attached hydrogens (primary N) is 1.